The monoisotopic (exact) mass is 382 g/mol. The molecule has 1 atom stereocenters. The summed E-state index contributed by atoms with van der Waals surface area (Å²) in [5, 5.41) is 0. The zero-order valence-corrected chi connectivity index (χ0v) is 15.8. The average Bonchev–Trinajstić information content (AvgIpc) is 2.47. The maximum absolute atomic E-state index is 11.7. The van der Waals surface area contributed by atoms with Crippen LogP contribution in [0.1, 0.15) is 19.4 Å². The van der Waals surface area contributed by atoms with E-state index in [1.165, 1.54) is 0 Å². The van der Waals surface area contributed by atoms with E-state index in [9.17, 15) is 4.79 Å². The third-order valence-corrected chi connectivity index (χ3v) is 3.46. The van der Waals surface area contributed by atoms with Crippen LogP contribution >= 0.6 is 35.6 Å². The number of nitrogens with zero attached hydrogens (tertiary/aromatic N) is 1. The Morgan fingerprint density at radius 1 is 1.17 bits per heavy atom. The van der Waals surface area contributed by atoms with Gasteiger partial charge in [-0.05, 0) is 38.0 Å². The zero-order valence-electron chi connectivity index (χ0n) is 13.5. The van der Waals surface area contributed by atoms with Gasteiger partial charge in [0, 0.05) is 30.5 Å². The van der Waals surface area contributed by atoms with Gasteiger partial charge in [-0.25, -0.2) is 0 Å². The Balaban J connectivity index is 0.00000484. The molecule has 1 aromatic carbocycles. The van der Waals surface area contributed by atoms with Crippen LogP contribution in [0.15, 0.2) is 24.3 Å². The fraction of sp³-hybridized carbons (Fsp3) is 0.562. The van der Waals surface area contributed by atoms with Gasteiger partial charge in [-0.3, -0.25) is 4.79 Å². The molecule has 0 aliphatic heterocycles. The Hall–Kier alpha value is -0.680. The maximum atomic E-state index is 11.7. The minimum Gasteiger partial charge on any atom is -0.462 e. The minimum atomic E-state index is -0.643. The number of halogens is 3. The van der Waals surface area contributed by atoms with Crippen molar-refractivity contribution in [2.24, 2.45) is 5.73 Å². The lowest BCUT2D eigenvalue weighted by Crippen LogP contribution is -2.35. The fourth-order valence-electron chi connectivity index (χ4n) is 2.07. The fourth-order valence-corrected chi connectivity index (χ4v) is 2.48. The van der Waals surface area contributed by atoms with Crippen molar-refractivity contribution in [2.45, 2.75) is 32.4 Å². The second-order valence-corrected chi connectivity index (χ2v) is 6.08. The van der Waals surface area contributed by atoms with Crippen molar-refractivity contribution in [3.8, 4) is 0 Å². The Morgan fingerprint density at radius 3 is 2.13 bits per heavy atom. The standard InChI is InChI=1S/C16H24Cl2N2O2.ClH/c1-12(2)22-16(21)15(19)11-13-3-5-14(6-4-13)20(9-7-17)10-8-18;/h3-6,12,15H,7-11,19H2,1-2H3;1H/t15-;/m0./s1. The molecule has 0 aromatic heterocycles. The van der Waals surface area contributed by atoms with Crippen LogP contribution in [0, 0.1) is 0 Å². The average molecular weight is 384 g/mol. The molecule has 0 fully saturated rings. The smallest absolute Gasteiger partial charge is 0.323 e. The van der Waals surface area contributed by atoms with Gasteiger partial charge in [0.2, 0.25) is 0 Å². The quantitative estimate of drug-likeness (QED) is 0.525. The Bertz CT molecular complexity index is 449. The summed E-state index contributed by atoms with van der Waals surface area (Å²) < 4.78 is 5.11. The van der Waals surface area contributed by atoms with E-state index in [1.54, 1.807) is 0 Å². The van der Waals surface area contributed by atoms with Crippen LogP contribution in [0.4, 0.5) is 5.69 Å². The van der Waals surface area contributed by atoms with Gasteiger partial charge in [0.25, 0.3) is 0 Å². The summed E-state index contributed by atoms with van der Waals surface area (Å²) in [5.74, 6) is 0.722. The zero-order chi connectivity index (χ0) is 16.5. The van der Waals surface area contributed by atoms with Crippen molar-refractivity contribution in [3.05, 3.63) is 29.8 Å². The first-order valence-electron chi connectivity index (χ1n) is 7.39. The molecule has 0 bridgehead atoms. The molecule has 4 nitrogen and oxygen atoms in total. The summed E-state index contributed by atoms with van der Waals surface area (Å²) in [6.07, 6.45) is 0.303. The lowest BCUT2D eigenvalue weighted by Gasteiger charge is -2.23. The van der Waals surface area contributed by atoms with E-state index in [4.69, 9.17) is 33.7 Å². The number of hydrogen-bond donors (Lipinski definition) is 1. The molecule has 0 saturated carbocycles. The first-order chi connectivity index (χ1) is 10.5. The van der Waals surface area contributed by atoms with Gasteiger partial charge >= 0.3 is 5.97 Å². The van der Waals surface area contributed by atoms with Gasteiger partial charge in [0.1, 0.15) is 6.04 Å². The summed E-state index contributed by atoms with van der Waals surface area (Å²) in [6.45, 7) is 5.10. The maximum Gasteiger partial charge on any atom is 0.323 e. The molecule has 0 unspecified atom stereocenters. The van der Waals surface area contributed by atoms with Crippen LogP contribution in [0.5, 0.6) is 0 Å². The van der Waals surface area contributed by atoms with E-state index < -0.39 is 6.04 Å². The minimum absolute atomic E-state index is 0. The van der Waals surface area contributed by atoms with Crippen molar-refractivity contribution in [1.82, 2.24) is 0 Å². The third-order valence-electron chi connectivity index (χ3n) is 3.12. The van der Waals surface area contributed by atoms with Gasteiger partial charge in [0.05, 0.1) is 6.10 Å². The van der Waals surface area contributed by atoms with Crippen LogP contribution < -0.4 is 10.6 Å². The van der Waals surface area contributed by atoms with E-state index in [2.05, 4.69) is 4.90 Å². The molecule has 0 spiro atoms. The van der Waals surface area contributed by atoms with E-state index in [0.29, 0.717) is 18.2 Å². The predicted octanol–water partition coefficient (Wildman–Crippen LogP) is 3.21. The Morgan fingerprint density at radius 2 is 1.70 bits per heavy atom. The highest BCUT2D eigenvalue weighted by Gasteiger charge is 2.17. The molecule has 7 heteroatoms. The lowest BCUT2D eigenvalue weighted by molar-refractivity contribution is -0.148. The normalized spacial score (nSPS) is 11.7. The molecule has 1 aromatic rings. The number of alkyl halides is 2. The second-order valence-electron chi connectivity index (χ2n) is 5.33. The number of benzene rings is 1. The number of rotatable bonds is 9. The first-order valence-corrected chi connectivity index (χ1v) is 8.46. The van der Waals surface area contributed by atoms with Crippen LogP contribution in [-0.4, -0.2) is 43.0 Å². The topological polar surface area (TPSA) is 55.6 Å². The second kappa shape index (κ2) is 11.8. The van der Waals surface area contributed by atoms with Crippen molar-refractivity contribution in [3.63, 3.8) is 0 Å². The van der Waals surface area contributed by atoms with Crippen LogP contribution in [0.25, 0.3) is 0 Å². The van der Waals surface area contributed by atoms with E-state index in [1.807, 2.05) is 38.1 Å². The first kappa shape index (κ1) is 22.3. The van der Waals surface area contributed by atoms with Gasteiger partial charge in [-0.15, -0.1) is 35.6 Å². The number of anilines is 1. The number of carbonyl (C=O) groups excluding carboxylic acids is 1. The highest BCUT2D eigenvalue weighted by atomic mass is 35.5. The van der Waals surface area contributed by atoms with E-state index in [0.717, 1.165) is 24.3 Å². The van der Waals surface area contributed by atoms with Crippen LogP contribution in [0.3, 0.4) is 0 Å². The Kier molecular flexibility index (Phi) is 11.4. The highest BCUT2D eigenvalue weighted by Crippen LogP contribution is 2.16. The van der Waals surface area contributed by atoms with Gasteiger partial charge in [0.15, 0.2) is 0 Å². The molecule has 0 heterocycles. The molecule has 0 radical (unpaired) electrons. The highest BCUT2D eigenvalue weighted by molar-refractivity contribution is 6.18. The number of ether oxygens (including phenoxy) is 1. The summed E-state index contributed by atoms with van der Waals surface area (Å²) in [6, 6.07) is 7.28. The van der Waals surface area contributed by atoms with Crippen molar-refractivity contribution >= 4 is 47.3 Å². The number of nitrogens with two attached hydrogens (primary N) is 1. The molecular weight excluding hydrogens is 359 g/mol. The molecule has 2 N–H and O–H groups in total. The van der Waals surface area contributed by atoms with Crippen molar-refractivity contribution < 1.29 is 9.53 Å². The predicted molar refractivity (Wildman–Crippen MR) is 100 cm³/mol. The summed E-state index contributed by atoms with van der Waals surface area (Å²) in [4.78, 5) is 13.8. The Labute approximate surface area is 154 Å². The summed E-state index contributed by atoms with van der Waals surface area (Å²) in [7, 11) is 0. The van der Waals surface area contributed by atoms with Crippen molar-refractivity contribution in [1.29, 1.82) is 0 Å². The van der Waals surface area contributed by atoms with Gasteiger partial charge in [-0.2, -0.15) is 0 Å². The number of carbonyl (C=O) groups is 1. The molecule has 0 aliphatic rings. The largest absolute Gasteiger partial charge is 0.462 e. The summed E-state index contributed by atoms with van der Waals surface area (Å²) >= 11 is 11.6. The van der Waals surface area contributed by atoms with E-state index >= 15 is 0 Å². The van der Waals surface area contributed by atoms with E-state index in [-0.39, 0.29) is 24.5 Å². The lowest BCUT2D eigenvalue weighted by atomic mass is 10.1. The number of hydrogen-bond acceptors (Lipinski definition) is 4. The van der Waals surface area contributed by atoms with Crippen LogP contribution in [0.2, 0.25) is 0 Å². The SMILES string of the molecule is CC(C)OC(=O)[C@@H](N)Cc1ccc(N(CCCl)CCCl)cc1.Cl. The molecule has 23 heavy (non-hydrogen) atoms. The molecule has 0 aliphatic carbocycles. The molecular formula is C16H25Cl3N2O2. The molecule has 0 saturated heterocycles. The van der Waals surface area contributed by atoms with Gasteiger partial charge < -0.3 is 15.4 Å². The molecule has 1 rings (SSSR count). The van der Waals surface area contributed by atoms with Crippen molar-refractivity contribution in [2.75, 3.05) is 29.7 Å². The summed E-state index contributed by atoms with van der Waals surface area (Å²) in [5.41, 5.74) is 7.92. The molecule has 132 valence electrons. The molecule has 0 amide bonds. The number of esters is 1. The van der Waals surface area contributed by atoms with Gasteiger partial charge in [-0.1, -0.05) is 12.1 Å². The van der Waals surface area contributed by atoms with Crippen LogP contribution in [-0.2, 0) is 16.0 Å². The third kappa shape index (κ3) is 8.11.